The smallest absolute Gasteiger partial charge is 0.229 e. The van der Waals surface area contributed by atoms with Gasteiger partial charge in [0.05, 0.1) is 12.1 Å². The summed E-state index contributed by atoms with van der Waals surface area (Å²) >= 11 is 0. The number of rotatable bonds is 5. The Balaban J connectivity index is 1.13. The van der Waals surface area contributed by atoms with E-state index < -0.39 is 0 Å². The third-order valence-electron chi connectivity index (χ3n) is 7.00. The van der Waals surface area contributed by atoms with Gasteiger partial charge in [-0.3, -0.25) is 14.9 Å². The molecular formula is C26H28N6O. The fourth-order valence-electron chi connectivity index (χ4n) is 5.15. The van der Waals surface area contributed by atoms with E-state index in [9.17, 15) is 0 Å². The van der Waals surface area contributed by atoms with Gasteiger partial charge in [-0.2, -0.15) is 4.98 Å². The highest BCUT2D eigenvalue weighted by atomic mass is 16.5. The molecule has 4 aromatic rings. The van der Waals surface area contributed by atoms with Crippen molar-refractivity contribution in [3.63, 3.8) is 0 Å². The molecule has 0 spiro atoms. The molecule has 3 aromatic heterocycles. The van der Waals surface area contributed by atoms with Gasteiger partial charge in [-0.05, 0) is 48.2 Å². The van der Waals surface area contributed by atoms with E-state index in [1.165, 1.54) is 36.8 Å². The van der Waals surface area contributed by atoms with Crippen LogP contribution in [0.1, 0.15) is 43.3 Å². The SMILES string of the molecule is c1cc(-c2ccc3c(N4CCN(Cc5noc(C6CCCC6)n5)CC4)ccnc3c2)ccn1. The first-order chi connectivity index (χ1) is 16.3. The van der Waals surface area contributed by atoms with E-state index >= 15 is 0 Å². The molecule has 0 N–H and O–H groups in total. The first-order valence-electron chi connectivity index (χ1n) is 11.9. The van der Waals surface area contributed by atoms with E-state index in [1.54, 1.807) is 0 Å². The molecule has 1 aliphatic carbocycles. The molecule has 1 aromatic carbocycles. The molecular weight excluding hydrogens is 412 g/mol. The highest BCUT2D eigenvalue weighted by Gasteiger charge is 2.25. The molecule has 1 aliphatic heterocycles. The van der Waals surface area contributed by atoms with Gasteiger partial charge in [0, 0.05) is 61.8 Å². The van der Waals surface area contributed by atoms with E-state index in [0.717, 1.165) is 61.1 Å². The monoisotopic (exact) mass is 440 g/mol. The molecule has 0 unspecified atom stereocenters. The van der Waals surface area contributed by atoms with Crippen molar-refractivity contribution in [2.45, 2.75) is 38.1 Å². The number of nitrogens with zero attached hydrogens (tertiary/aromatic N) is 6. The summed E-state index contributed by atoms with van der Waals surface area (Å²) in [4.78, 5) is 18.3. The number of anilines is 1. The average molecular weight is 441 g/mol. The average Bonchev–Trinajstić information content (AvgIpc) is 3.57. The van der Waals surface area contributed by atoms with Crippen LogP contribution in [0.25, 0.3) is 22.0 Å². The Hall–Kier alpha value is -3.32. The number of hydrogen-bond acceptors (Lipinski definition) is 7. The number of fused-ring (bicyclic) bond motifs is 1. The fourth-order valence-corrected chi connectivity index (χ4v) is 5.15. The lowest BCUT2D eigenvalue weighted by atomic mass is 10.0. The van der Waals surface area contributed by atoms with Gasteiger partial charge >= 0.3 is 0 Å². The van der Waals surface area contributed by atoms with E-state index in [0.29, 0.717) is 5.92 Å². The lowest BCUT2D eigenvalue weighted by molar-refractivity contribution is 0.240. The molecule has 2 fully saturated rings. The van der Waals surface area contributed by atoms with Crippen LogP contribution in [0.4, 0.5) is 5.69 Å². The third kappa shape index (κ3) is 4.20. The van der Waals surface area contributed by atoms with Gasteiger partial charge in [-0.1, -0.05) is 30.1 Å². The second kappa shape index (κ2) is 8.90. The number of pyridine rings is 2. The fraction of sp³-hybridized carbons (Fsp3) is 0.385. The van der Waals surface area contributed by atoms with Crippen LogP contribution in [0.5, 0.6) is 0 Å². The van der Waals surface area contributed by atoms with Crippen molar-refractivity contribution < 1.29 is 4.52 Å². The Kier molecular flexibility index (Phi) is 5.48. The van der Waals surface area contributed by atoms with Gasteiger partial charge in [0.2, 0.25) is 5.89 Å². The molecule has 4 heterocycles. The zero-order chi connectivity index (χ0) is 22.0. The zero-order valence-electron chi connectivity index (χ0n) is 18.7. The molecule has 7 nitrogen and oxygen atoms in total. The summed E-state index contributed by atoms with van der Waals surface area (Å²) in [6, 6.07) is 12.7. The van der Waals surface area contributed by atoms with Crippen LogP contribution < -0.4 is 4.90 Å². The Morgan fingerprint density at radius 1 is 0.879 bits per heavy atom. The normalized spacial score (nSPS) is 17.8. The lowest BCUT2D eigenvalue weighted by Crippen LogP contribution is -2.46. The van der Waals surface area contributed by atoms with Crippen molar-refractivity contribution in [3.8, 4) is 11.1 Å². The molecule has 6 rings (SSSR count). The predicted octanol–water partition coefficient (Wildman–Crippen LogP) is 4.66. The van der Waals surface area contributed by atoms with Crippen LogP contribution in [0, 0.1) is 0 Å². The molecule has 0 bridgehead atoms. The van der Waals surface area contributed by atoms with Crippen molar-refractivity contribution >= 4 is 16.6 Å². The minimum Gasteiger partial charge on any atom is -0.368 e. The minimum absolute atomic E-state index is 0.474. The third-order valence-corrected chi connectivity index (χ3v) is 7.00. The van der Waals surface area contributed by atoms with E-state index in [4.69, 9.17) is 9.51 Å². The van der Waals surface area contributed by atoms with Crippen LogP contribution in [0.3, 0.4) is 0 Å². The molecule has 7 heteroatoms. The van der Waals surface area contributed by atoms with Crippen molar-refractivity contribution in [1.82, 2.24) is 25.0 Å². The molecule has 168 valence electrons. The Labute approximate surface area is 193 Å². The molecule has 1 saturated carbocycles. The maximum atomic E-state index is 5.56. The standard InChI is InChI=1S/C26H28N6O/c1-2-4-20(3-1)26-29-25(30-33-26)18-31-13-15-32(16-14-31)24-9-12-28-23-17-21(5-6-22(23)24)19-7-10-27-11-8-19/h5-12,17,20H,1-4,13-16,18H2. The minimum atomic E-state index is 0.474. The van der Waals surface area contributed by atoms with Crippen molar-refractivity contribution in [1.29, 1.82) is 0 Å². The number of hydrogen-bond donors (Lipinski definition) is 0. The van der Waals surface area contributed by atoms with Gasteiger partial charge in [-0.15, -0.1) is 0 Å². The Bertz CT molecular complexity index is 1230. The van der Waals surface area contributed by atoms with Crippen LogP contribution in [-0.4, -0.2) is 51.2 Å². The lowest BCUT2D eigenvalue weighted by Gasteiger charge is -2.36. The first-order valence-corrected chi connectivity index (χ1v) is 11.9. The summed E-state index contributed by atoms with van der Waals surface area (Å²) < 4.78 is 5.56. The van der Waals surface area contributed by atoms with Gasteiger partial charge in [0.15, 0.2) is 5.82 Å². The highest BCUT2D eigenvalue weighted by Crippen LogP contribution is 2.33. The number of aromatic nitrogens is 4. The molecule has 33 heavy (non-hydrogen) atoms. The van der Waals surface area contributed by atoms with Gasteiger partial charge in [-0.25, -0.2) is 0 Å². The van der Waals surface area contributed by atoms with Crippen molar-refractivity contribution in [2.24, 2.45) is 0 Å². The molecule has 2 aliphatic rings. The van der Waals surface area contributed by atoms with Crippen LogP contribution in [0.2, 0.25) is 0 Å². The molecule has 0 radical (unpaired) electrons. The van der Waals surface area contributed by atoms with Crippen LogP contribution in [0.15, 0.2) is 59.5 Å². The second-order valence-electron chi connectivity index (χ2n) is 9.09. The van der Waals surface area contributed by atoms with Gasteiger partial charge in [0.25, 0.3) is 0 Å². The van der Waals surface area contributed by atoms with Crippen LogP contribution >= 0.6 is 0 Å². The van der Waals surface area contributed by atoms with Crippen molar-refractivity contribution in [2.75, 3.05) is 31.1 Å². The second-order valence-corrected chi connectivity index (χ2v) is 9.09. The molecule has 0 atom stereocenters. The van der Waals surface area contributed by atoms with E-state index in [2.05, 4.69) is 49.2 Å². The molecule has 1 saturated heterocycles. The first kappa shape index (κ1) is 20.3. The van der Waals surface area contributed by atoms with Crippen LogP contribution in [-0.2, 0) is 6.54 Å². The largest absolute Gasteiger partial charge is 0.368 e. The predicted molar refractivity (Wildman–Crippen MR) is 128 cm³/mol. The summed E-state index contributed by atoms with van der Waals surface area (Å²) in [6.07, 6.45) is 10.5. The maximum absolute atomic E-state index is 5.56. The van der Waals surface area contributed by atoms with Gasteiger partial charge < -0.3 is 9.42 Å². The maximum Gasteiger partial charge on any atom is 0.229 e. The summed E-state index contributed by atoms with van der Waals surface area (Å²) in [6.45, 7) is 4.66. The number of piperazine rings is 1. The highest BCUT2D eigenvalue weighted by molar-refractivity contribution is 5.94. The van der Waals surface area contributed by atoms with Gasteiger partial charge in [0.1, 0.15) is 0 Å². The van der Waals surface area contributed by atoms with E-state index in [1.807, 2.05) is 30.7 Å². The zero-order valence-corrected chi connectivity index (χ0v) is 18.7. The molecule has 0 amide bonds. The summed E-state index contributed by atoms with van der Waals surface area (Å²) in [5.41, 5.74) is 4.60. The summed E-state index contributed by atoms with van der Waals surface area (Å²) in [7, 11) is 0. The topological polar surface area (TPSA) is 71.2 Å². The van der Waals surface area contributed by atoms with E-state index in [-0.39, 0.29) is 0 Å². The Morgan fingerprint density at radius 2 is 1.70 bits per heavy atom. The summed E-state index contributed by atoms with van der Waals surface area (Å²) in [5.74, 6) is 2.14. The summed E-state index contributed by atoms with van der Waals surface area (Å²) in [5, 5.41) is 5.45. The quantitative estimate of drug-likeness (QED) is 0.447. The number of benzene rings is 1. The van der Waals surface area contributed by atoms with Crippen molar-refractivity contribution in [3.05, 3.63) is 66.7 Å². The Morgan fingerprint density at radius 3 is 2.52 bits per heavy atom.